The number of benzene rings is 1. The fraction of sp³-hybridized carbons (Fsp3) is 0.500. The van der Waals surface area contributed by atoms with Gasteiger partial charge in [0, 0.05) is 38.1 Å². The molecule has 35 heavy (non-hydrogen) atoms. The molecule has 0 atom stereocenters. The van der Waals surface area contributed by atoms with Gasteiger partial charge < -0.3 is 10.4 Å². The van der Waals surface area contributed by atoms with E-state index in [1.807, 2.05) is 12.1 Å². The van der Waals surface area contributed by atoms with E-state index in [-0.39, 0.29) is 0 Å². The van der Waals surface area contributed by atoms with E-state index in [2.05, 4.69) is 15.3 Å². The van der Waals surface area contributed by atoms with Gasteiger partial charge in [0.1, 0.15) is 0 Å². The summed E-state index contributed by atoms with van der Waals surface area (Å²) in [5.41, 5.74) is 1.27. The van der Waals surface area contributed by atoms with Crippen LogP contribution in [0.2, 0.25) is 0 Å². The normalized spacial score (nSPS) is 16.9. The molecule has 1 aromatic carbocycles. The lowest BCUT2D eigenvalue weighted by molar-refractivity contribution is -0.192. The second kappa shape index (κ2) is 10.3. The molecule has 0 radical (unpaired) electrons. The Kier molecular flexibility index (Phi) is 7.77. The third kappa shape index (κ3) is 6.74. The number of hydrogen-bond donors (Lipinski definition) is 2. The van der Waals surface area contributed by atoms with Crippen LogP contribution < -0.4 is 5.32 Å². The van der Waals surface area contributed by atoms with E-state index in [1.54, 1.807) is 6.07 Å². The highest BCUT2D eigenvalue weighted by Gasteiger charge is 2.39. The number of alkyl halides is 6. The Balaban J connectivity index is 0.000000429. The number of carbonyl (C=O) groups excluding carboxylic acids is 1. The summed E-state index contributed by atoms with van der Waals surface area (Å²) in [5, 5.41) is 13.1. The van der Waals surface area contributed by atoms with Crippen molar-refractivity contribution >= 4 is 17.6 Å². The van der Waals surface area contributed by atoms with Gasteiger partial charge in [-0.2, -0.15) is 31.4 Å². The molecule has 2 N–H and O–H groups in total. The van der Waals surface area contributed by atoms with Gasteiger partial charge in [-0.1, -0.05) is 12.5 Å². The van der Waals surface area contributed by atoms with Crippen molar-refractivity contribution in [1.82, 2.24) is 14.7 Å². The molecular formula is C22H24F6N4O3. The Labute approximate surface area is 196 Å². The smallest absolute Gasteiger partial charge is 0.475 e. The summed E-state index contributed by atoms with van der Waals surface area (Å²) in [6.07, 6.45) is -2.98. The minimum Gasteiger partial charge on any atom is -0.475 e. The number of fused-ring (bicyclic) bond motifs is 1. The van der Waals surface area contributed by atoms with Crippen molar-refractivity contribution in [2.45, 2.75) is 50.5 Å². The number of amides is 1. The molecule has 2 aromatic rings. The average molecular weight is 506 g/mol. The topological polar surface area (TPSA) is 87.5 Å². The Morgan fingerprint density at radius 3 is 2.17 bits per heavy atom. The molecule has 13 heteroatoms. The number of anilines is 1. The molecule has 1 amide bonds. The van der Waals surface area contributed by atoms with Gasteiger partial charge >= 0.3 is 18.3 Å². The molecule has 1 aliphatic heterocycles. The van der Waals surface area contributed by atoms with Crippen molar-refractivity contribution in [2.75, 3.05) is 18.4 Å². The molecule has 1 fully saturated rings. The SMILES string of the molecule is Cn1cc(C(=O)Nc2ccc3c(c2)CCN(C2CCC2)CC3)c(C(F)(F)F)n1.O=C(O)C(F)(F)F. The molecule has 0 spiro atoms. The first-order valence-electron chi connectivity index (χ1n) is 10.8. The molecule has 2 aliphatic rings. The summed E-state index contributed by atoms with van der Waals surface area (Å²) in [7, 11) is 1.36. The third-order valence-electron chi connectivity index (χ3n) is 5.98. The number of carbonyl (C=O) groups is 2. The van der Waals surface area contributed by atoms with E-state index >= 15 is 0 Å². The van der Waals surface area contributed by atoms with E-state index < -0.39 is 35.5 Å². The standard InChI is InChI=1S/C20H23F3N4O.C2HF3O2/c1-26-12-17(18(25-26)20(21,22)23)19(28)24-15-6-5-13-7-9-27(16-3-2-4-16)10-8-14(13)11-15;3-2(4,5)1(6)7/h5-6,11-12,16H,2-4,7-10H2,1H3,(H,24,28);(H,6,7). The second-order valence-corrected chi connectivity index (χ2v) is 8.42. The number of carboxylic acid groups (broad SMARTS) is 1. The highest BCUT2D eigenvalue weighted by molar-refractivity contribution is 6.05. The number of aryl methyl sites for hydroxylation is 1. The van der Waals surface area contributed by atoms with E-state index in [0.29, 0.717) is 11.7 Å². The average Bonchev–Trinajstić information content (AvgIpc) is 3.00. The van der Waals surface area contributed by atoms with Gasteiger partial charge in [0.15, 0.2) is 5.69 Å². The second-order valence-electron chi connectivity index (χ2n) is 8.42. The van der Waals surface area contributed by atoms with Crippen molar-refractivity contribution < 1.29 is 41.0 Å². The maximum Gasteiger partial charge on any atom is 0.490 e. The van der Waals surface area contributed by atoms with Crippen LogP contribution in [0.25, 0.3) is 0 Å². The Morgan fingerprint density at radius 1 is 1.06 bits per heavy atom. The quantitative estimate of drug-likeness (QED) is 0.607. The zero-order chi connectivity index (χ0) is 26.0. The summed E-state index contributed by atoms with van der Waals surface area (Å²) in [5.74, 6) is -3.56. The zero-order valence-corrected chi connectivity index (χ0v) is 18.7. The number of halogens is 6. The molecule has 1 aromatic heterocycles. The maximum atomic E-state index is 13.1. The van der Waals surface area contributed by atoms with Crippen molar-refractivity contribution in [2.24, 2.45) is 7.05 Å². The van der Waals surface area contributed by atoms with Crippen molar-refractivity contribution in [1.29, 1.82) is 0 Å². The highest BCUT2D eigenvalue weighted by atomic mass is 19.4. The van der Waals surface area contributed by atoms with Crippen LogP contribution in [0.4, 0.5) is 32.0 Å². The van der Waals surface area contributed by atoms with Crippen molar-refractivity contribution in [3.8, 4) is 0 Å². The van der Waals surface area contributed by atoms with Crippen LogP contribution >= 0.6 is 0 Å². The Bertz CT molecular complexity index is 1080. The number of rotatable bonds is 3. The largest absolute Gasteiger partial charge is 0.490 e. The number of carboxylic acids is 1. The fourth-order valence-electron chi connectivity index (χ4n) is 4.00. The summed E-state index contributed by atoms with van der Waals surface area (Å²) in [6.45, 7) is 2.02. The summed E-state index contributed by atoms with van der Waals surface area (Å²) in [6, 6.07) is 6.32. The predicted octanol–water partition coefficient (Wildman–Crippen LogP) is 4.28. The highest BCUT2D eigenvalue weighted by Crippen LogP contribution is 2.31. The molecule has 4 rings (SSSR count). The number of aliphatic carboxylic acids is 1. The number of nitrogens with one attached hydrogen (secondary N) is 1. The Morgan fingerprint density at radius 2 is 1.66 bits per heavy atom. The van der Waals surface area contributed by atoms with E-state index in [4.69, 9.17) is 9.90 Å². The molecular weight excluding hydrogens is 482 g/mol. The van der Waals surface area contributed by atoms with Gasteiger partial charge in [-0.05, 0) is 48.9 Å². The molecule has 0 bridgehead atoms. The van der Waals surface area contributed by atoms with Crippen LogP contribution in [0.15, 0.2) is 24.4 Å². The summed E-state index contributed by atoms with van der Waals surface area (Å²) < 4.78 is 72.1. The third-order valence-corrected chi connectivity index (χ3v) is 5.98. The van der Waals surface area contributed by atoms with Crippen LogP contribution in [0.5, 0.6) is 0 Å². The molecule has 0 unspecified atom stereocenters. The molecule has 192 valence electrons. The van der Waals surface area contributed by atoms with E-state index in [1.165, 1.54) is 31.9 Å². The number of hydrogen-bond acceptors (Lipinski definition) is 4. The predicted molar refractivity (Wildman–Crippen MR) is 113 cm³/mol. The molecule has 2 heterocycles. The zero-order valence-electron chi connectivity index (χ0n) is 18.7. The Hall–Kier alpha value is -3.09. The van der Waals surface area contributed by atoms with Crippen LogP contribution in [0.3, 0.4) is 0 Å². The van der Waals surface area contributed by atoms with Gasteiger partial charge in [-0.15, -0.1) is 0 Å². The number of aromatic nitrogens is 2. The van der Waals surface area contributed by atoms with Crippen molar-refractivity contribution in [3.63, 3.8) is 0 Å². The van der Waals surface area contributed by atoms with Gasteiger partial charge in [-0.3, -0.25) is 14.4 Å². The van der Waals surface area contributed by atoms with Crippen LogP contribution in [-0.4, -0.2) is 57.0 Å². The van der Waals surface area contributed by atoms with Gasteiger partial charge in [-0.25, -0.2) is 4.79 Å². The van der Waals surface area contributed by atoms with Crippen LogP contribution in [-0.2, 0) is 30.9 Å². The first kappa shape index (κ1) is 26.5. The maximum absolute atomic E-state index is 13.1. The lowest BCUT2D eigenvalue weighted by Gasteiger charge is -2.36. The minimum absolute atomic E-state index is 0.471. The van der Waals surface area contributed by atoms with Gasteiger partial charge in [0.05, 0.1) is 5.56 Å². The van der Waals surface area contributed by atoms with Gasteiger partial charge in [0.2, 0.25) is 0 Å². The van der Waals surface area contributed by atoms with E-state index in [0.717, 1.165) is 42.4 Å². The molecule has 1 aliphatic carbocycles. The fourth-order valence-corrected chi connectivity index (χ4v) is 4.00. The number of nitrogens with zero attached hydrogens (tertiary/aromatic N) is 3. The van der Waals surface area contributed by atoms with Crippen molar-refractivity contribution in [3.05, 3.63) is 46.8 Å². The lowest BCUT2D eigenvalue weighted by Crippen LogP contribution is -2.41. The molecule has 0 saturated heterocycles. The monoisotopic (exact) mass is 506 g/mol. The first-order chi connectivity index (χ1) is 16.3. The van der Waals surface area contributed by atoms with E-state index in [9.17, 15) is 31.1 Å². The molecule has 7 nitrogen and oxygen atoms in total. The summed E-state index contributed by atoms with van der Waals surface area (Å²) >= 11 is 0. The van der Waals surface area contributed by atoms with Gasteiger partial charge in [0.25, 0.3) is 5.91 Å². The summed E-state index contributed by atoms with van der Waals surface area (Å²) in [4.78, 5) is 23.9. The lowest BCUT2D eigenvalue weighted by atomic mass is 9.91. The van der Waals surface area contributed by atoms with Crippen LogP contribution in [0.1, 0.15) is 46.4 Å². The first-order valence-corrected chi connectivity index (χ1v) is 10.8. The molecule has 1 saturated carbocycles. The van der Waals surface area contributed by atoms with Crippen LogP contribution in [0, 0.1) is 0 Å². The minimum atomic E-state index is -5.08.